The Morgan fingerprint density at radius 2 is 0.439 bits per heavy atom. The number of para-hydroxylation sites is 1. The molecule has 0 radical (unpaired) electrons. The van der Waals surface area contributed by atoms with Crippen molar-refractivity contribution >= 4 is 127 Å². The number of benzene rings is 18. The standard InChI is InChI=1S/3C38H24N2S/c1-3-11-25(12-4-1)36-37(26-13-5-2-6-14-26)40-38-30(18-10-19-33(38)39-36)29-16-9-15-27(23-29)28-21-22-32-31-17-7-8-20-34(31)41-35(32)24-28;1-3-10-25(11-4-1)37-33-23-29(19-21-34(33)39-38(40-37)26-12-5-2-6-13-26)27-14-9-15-28(22-27)30-18-20-32-31-16-7-8-17-35(31)41-36(32)24-30;1-3-10-25(11-4-1)37-38(26-12-5-2-6-13-26)40-34-23-29(19-21-33(34)39-37)27-14-9-15-28(22-27)30-18-20-32-31-16-7-8-17-35(31)41-36(32)24-30/h3*1-24H. The monoisotopic (exact) mass is 1620 g/mol. The lowest BCUT2D eigenvalue weighted by Crippen LogP contribution is -1.97. The Hall–Kier alpha value is -15.4. The fraction of sp³-hybridized carbons (Fsp3) is 0. The summed E-state index contributed by atoms with van der Waals surface area (Å²) in [7, 11) is 0. The highest BCUT2D eigenvalue weighted by atomic mass is 32.1. The fourth-order valence-electron chi connectivity index (χ4n) is 16.9. The number of thiophene rings is 3. The Morgan fingerprint density at radius 3 is 0.878 bits per heavy atom. The molecule has 0 spiro atoms. The SMILES string of the molecule is c1ccc(-c2nc(-c3ccccc3)c3cc(-c4cccc(-c5ccc6c(c5)sc5ccccc56)c4)ccc3n2)cc1.c1ccc(-c2nc3ccc(-c4cccc(-c5ccc6c(c5)sc5ccccc56)c4)cc3nc2-c2ccccc2)cc1.c1ccc(-c2nc3cccc(-c4cccc(-c5ccc6c(c5)sc5ccccc56)c4)c3nc2-c2ccccc2)cc1. The van der Waals surface area contributed by atoms with Gasteiger partial charge in [-0.05, 0) is 146 Å². The van der Waals surface area contributed by atoms with Crippen LogP contribution in [-0.2, 0) is 0 Å². The zero-order valence-electron chi connectivity index (χ0n) is 66.5. The first kappa shape index (κ1) is 74.0. The molecule has 24 aromatic rings. The molecular weight excluding hydrogens is 1550 g/mol. The van der Waals surface area contributed by atoms with E-state index >= 15 is 0 Å². The molecule has 0 aliphatic heterocycles. The van der Waals surface area contributed by atoms with E-state index in [-0.39, 0.29) is 0 Å². The Kier molecular flexibility index (Phi) is 19.5. The van der Waals surface area contributed by atoms with Crippen molar-refractivity contribution in [2.24, 2.45) is 0 Å². The van der Waals surface area contributed by atoms with E-state index in [1.54, 1.807) is 0 Å². The summed E-state index contributed by atoms with van der Waals surface area (Å²) in [6.07, 6.45) is 0. The molecule has 0 bridgehead atoms. The van der Waals surface area contributed by atoms with Crippen molar-refractivity contribution in [3.8, 4) is 134 Å². The largest absolute Gasteiger partial charge is 0.244 e. The highest BCUT2D eigenvalue weighted by Gasteiger charge is 2.21. The molecule has 18 aromatic carbocycles. The van der Waals surface area contributed by atoms with Crippen LogP contribution in [0.3, 0.4) is 0 Å². The van der Waals surface area contributed by atoms with Gasteiger partial charge in [-0.2, -0.15) is 0 Å². The van der Waals surface area contributed by atoms with Gasteiger partial charge in [0.25, 0.3) is 0 Å². The Bertz CT molecular complexity index is 8070. The second-order valence-corrected chi connectivity index (χ2v) is 34.0. The lowest BCUT2D eigenvalue weighted by Gasteiger charge is -2.13. The third kappa shape index (κ3) is 14.6. The Morgan fingerprint density at radius 1 is 0.138 bits per heavy atom. The Labute approximate surface area is 723 Å². The molecule has 24 rings (SSSR count). The first-order valence-electron chi connectivity index (χ1n) is 41.3. The molecule has 123 heavy (non-hydrogen) atoms. The number of aromatic nitrogens is 6. The maximum absolute atomic E-state index is 5.30. The van der Waals surface area contributed by atoms with Gasteiger partial charge in [-0.3, -0.25) is 0 Å². The van der Waals surface area contributed by atoms with Crippen molar-refractivity contribution in [2.45, 2.75) is 0 Å². The summed E-state index contributed by atoms with van der Waals surface area (Å²) in [6, 6.07) is 154. The van der Waals surface area contributed by atoms with Crippen LogP contribution in [0.25, 0.3) is 228 Å². The van der Waals surface area contributed by atoms with Gasteiger partial charge in [0.2, 0.25) is 0 Å². The van der Waals surface area contributed by atoms with E-state index in [1.165, 1.54) is 99.5 Å². The van der Waals surface area contributed by atoms with E-state index in [1.807, 2.05) is 119 Å². The molecule has 0 aliphatic carbocycles. The molecule has 9 heteroatoms. The summed E-state index contributed by atoms with van der Waals surface area (Å²) in [5.41, 5.74) is 29.5. The molecule has 0 amide bonds. The predicted octanol–water partition coefficient (Wildman–Crippen LogP) is 32.0. The third-order valence-corrected chi connectivity index (χ3v) is 26.4. The highest BCUT2D eigenvalue weighted by Crippen LogP contribution is 2.44. The van der Waals surface area contributed by atoms with Crippen LogP contribution < -0.4 is 0 Å². The van der Waals surface area contributed by atoms with Gasteiger partial charge in [-0.1, -0.05) is 352 Å². The van der Waals surface area contributed by atoms with Crippen LogP contribution in [0, 0.1) is 0 Å². The summed E-state index contributed by atoms with van der Waals surface area (Å²) < 4.78 is 7.93. The van der Waals surface area contributed by atoms with Crippen molar-refractivity contribution in [3.63, 3.8) is 0 Å². The zero-order valence-corrected chi connectivity index (χ0v) is 68.9. The topological polar surface area (TPSA) is 77.3 Å². The number of fused-ring (bicyclic) bond motifs is 12. The third-order valence-electron chi connectivity index (χ3n) is 23.0. The average molecular weight is 1620 g/mol. The summed E-state index contributed by atoms with van der Waals surface area (Å²) in [5, 5.41) is 8.99. The zero-order chi connectivity index (χ0) is 81.5. The molecule has 6 heterocycles. The lowest BCUT2D eigenvalue weighted by molar-refractivity contribution is 1.23. The number of rotatable bonds is 12. The maximum Gasteiger partial charge on any atom is 0.160 e. The van der Waals surface area contributed by atoms with E-state index in [0.717, 1.165) is 128 Å². The van der Waals surface area contributed by atoms with Crippen LogP contribution in [0.4, 0.5) is 0 Å². The van der Waals surface area contributed by atoms with Gasteiger partial charge in [-0.25, -0.2) is 29.9 Å². The van der Waals surface area contributed by atoms with Crippen molar-refractivity contribution in [2.75, 3.05) is 0 Å². The number of hydrogen-bond acceptors (Lipinski definition) is 9. The van der Waals surface area contributed by atoms with Crippen LogP contribution in [0.5, 0.6) is 0 Å². The minimum absolute atomic E-state index is 0.739. The smallest absolute Gasteiger partial charge is 0.160 e. The van der Waals surface area contributed by atoms with E-state index in [4.69, 9.17) is 29.9 Å². The van der Waals surface area contributed by atoms with Gasteiger partial charge < -0.3 is 0 Å². The van der Waals surface area contributed by atoms with Crippen molar-refractivity contribution in [3.05, 3.63) is 437 Å². The molecule has 576 valence electrons. The van der Waals surface area contributed by atoms with Crippen LogP contribution in [0.2, 0.25) is 0 Å². The summed E-state index contributed by atoms with van der Waals surface area (Å²) in [4.78, 5) is 30.8. The molecule has 0 saturated carbocycles. The van der Waals surface area contributed by atoms with Gasteiger partial charge in [0.1, 0.15) is 0 Å². The summed E-state index contributed by atoms with van der Waals surface area (Å²) in [6.45, 7) is 0. The molecular formula is C114H72N6S3. The van der Waals surface area contributed by atoms with Gasteiger partial charge in [0.05, 0.1) is 56.1 Å². The maximum atomic E-state index is 5.30. The minimum atomic E-state index is 0.739. The highest BCUT2D eigenvalue weighted by molar-refractivity contribution is 7.26. The lowest BCUT2D eigenvalue weighted by atomic mass is 9.96. The second kappa shape index (κ2) is 32.4. The van der Waals surface area contributed by atoms with E-state index in [0.29, 0.717) is 0 Å². The predicted molar refractivity (Wildman–Crippen MR) is 523 cm³/mol. The molecule has 0 atom stereocenters. The minimum Gasteiger partial charge on any atom is -0.244 e. The second-order valence-electron chi connectivity index (χ2n) is 30.7. The molecule has 0 aliphatic rings. The Balaban J connectivity index is 0.000000110. The molecule has 0 fully saturated rings. The molecule has 0 unspecified atom stereocenters. The van der Waals surface area contributed by atoms with Crippen LogP contribution in [0.15, 0.2) is 437 Å². The quantitative estimate of drug-likeness (QED) is 0.121. The van der Waals surface area contributed by atoms with E-state index in [9.17, 15) is 0 Å². The number of hydrogen-bond donors (Lipinski definition) is 0. The summed E-state index contributed by atoms with van der Waals surface area (Å²) in [5.74, 6) is 0.739. The van der Waals surface area contributed by atoms with Crippen LogP contribution >= 0.6 is 34.0 Å². The van der Waals surface area contributed by atoms with Gasteiger partial charge >= 0.3 is 0 Å². The van der Waals surface area contributed by atoms with E-state index in [2.05, 4.69) is 352 Å². The van der Waals surface area contributed by atoms with Crippen molar-refractivity contribution in [1.29, 1.82) is 0 Å². The average Bonchev–Trinajstić information content (AvgIpc) is 1.68. The van der Waals surface area contributed by atoms with Crippen LogP contribution in [0.1, 0.15) is 0 Å². The molecule has 6 aromatic heterocycles. The van der Waals surface area contributed by atoms with Gasteiger partial charge in [0, 0.05) is 105 Å². The molecule has 6 nitrogen and oxygen atoms in total. The molecule has 0 saturated heterocycles. The summed E-state index contributed by atoms with van der Waals surface area (Å²) >= 11 is 5.57. The normalized spacial score (nSPS) is 11.4. The van der Waals surface area contributed by atoms with Gasteiger partial charge in [-0.15, -0.1) is 34.0 Å². The van der Waals surface area contributed by atoms with Crippen LogP contribution in [-0.4, -0.2) is 29.9 Å². The van der Waals surface area contributed by atoms with E-state index < -0.39 is 0 Å². The first-order valence-corrected chi connectivity index (χ1v) is 43.7. The number of nitrogens with zero attached hydrogens (tertiary/aromatic N) is 6. The molecule has 0 N–H and O–H groups in total. The van der Waals surface area contributed by atoms with Gasteiger partial charge in [0.15, 0.2) is 5.82 Å². The van der Waals surface area contributed by atoms with Crippen molar-refractivity contribution < 1.29 is 0 Å². The fourth-order valence-corrected chi connectivity index (χ4v) is 20.3. The first-order chi connectivity index (χ1) is 60.9. The van der Waals surface area contributed by atoms with Crippen molar-refractivity contribution in [1.82, 2.24) is 29.9 Å².